The number of anilines is 1. The molecule has 3 rings (SSSR count). The molecule has 0 saturated heterocycles. The SMILES string of the molecule is CCNc1cc(Oc2ccc3ccccc3c2)ccn1. The summed E-state index contributed by atoms with van der Waals surface area (Å²) >= 11 is 0. The summed E-state index contributed by atoms with van der Waals surface area (Å²) < 4.78 is 5.89. The van der Waals surface area contributed by atoms with Crippen molar-refractivity contribution < 1.29 is 4.74 Å². The number of nitrogens with zero attached hydrogens (tertiary/aromatic N) is 1. The zero-order valence-electron chi connectivity index (χ0n) is 11.3. The molecule has 0 bridgehead atoms. The quantitative estimate of drug-likeness (QED) is 0.755. The zero-order chi connectivity index (χ0) is 13.8. The number of hydrogen-bond acceptors (Lipinski definition) is 3. The van der Waals surface area contributed by atoms with Crippen LogP contribution in [0.4, 0.5) is 5.82 Å². The maximum atomic E-state index is 5.89. The number of rotatable bonds is 4. The summed E-state index contributed by atoms with van der Waals surface area (Å²) in [6, 6.07) is 18.1. The van der Waals surface area contributed by atoms with Gasteiger partial charge < -0.3 is 10.1 Å². The van der Waals surface area contributed by atoms with E-state index in [2.05, 4.69) is 28.5 Å². The first-order valence-electron chi connectivity index (χ1n) is 6.72. The van der Waals surface area contributed by atoms with Gasteiger partial charge in [-0.05, 0) is 35.9 Å². The van der Waals surface area contributed by atoms with Gasteiger partial charge in [-0.3, -0.25) is 0 Å². The van der Waals surface area contributed by atoms with Gasteiger partial charge in [0.1, 0.15) is 17.3 Å². The standard InChI is InChI=1S/C17H16N2O/c1-2-18-17-12-16(9-10-19-17)20-15-8-7-13-5-3-4-6-14(13)11-15/h3-12H,2H2,1H3,(H,18,19). The molecule has 2 aromatic carbocycles. The minimum absolute atomic E-state index is 0.784. The van der Waals surface area contributed by atoms with Crippen LogP contribution in [-0.4, -0.2) is 11.5 Å². The maximum Gasteiger partial charge on any atom is 0.132 e. The lowest BCUT2D eigenvalue weighted by Gasteiger charge is -2.08. The van der Waals surface area contributed by atoms with Crippen LogP contribution in [0.5, 0.6) is 11.5 Å². The number of fused-ring (bicyclic) bond motifs is 1. The van der Waals surface area contributed by atoms with Gasteiger partial charge in [-0.1, -0.05) is 30.3 Å². The van der Waals surface area contributed by atoms with Crippen LogP contribution in [0.15, 0.2) is 60.8 Å². The fourth-order valence-electron chi connectivity index (χ4n) is 2.12. The highest BCUT2D eigenvalue weighted by molar-refractivity contribution is 5.83. The Morgan fingerprint density at radius 1 is 0.950 bits per heavy atom. The van der Waals surface area contributed by atoms with E-state index in [4.69, 9.17) is 4.74 Å². The number of nitrogens with one attached hydrogen (secondary N) is 1. The summed E-state index contributed by atoms with van der Waals surface area (Å²) in [5.74, 6) is 2.44. The Bertz CT molecular complexity index is 725. The summed E-state index contributed by atoms with van der Waals surface area (Å²) in [6.45, 7) is 2.88. The van der Waals surface area contributed by atoms with E-state index in [0.717, 1.165) is 23.9 Å². The molecule has 0 aliphatic rings. The Morgan fingerprint density at radius 2 is 1.75 bits per heavy atom. The molecule has 0 fully saturated rings. The zero-order valence-corrected chi connectivity index (χ0v) is 11.3. The fourth-order valence-corrected chi connectivity index (χ4v) is 2.12. The van der Waals surface area contributed by atoms with Crippen LogP contribution in [0.1, 0.15) is 6.92 Å². The Balaban J connectivity index is 1.87. The molecule has 3 heteroatoms. The van der Waals surface area contributed by atoms with Crippen LogP contribution in [0, 0.1) is 0 Å². The van der Waals surface area contributed by atoms with E-state index < -0.39 is 0 Å². The molecule has 0 aliphatic carbocycles. The molecular formula is C17H16N2O. The largest absolute Gasteiger partial charge is 0.457 e. The van der Waals surface area contributed by atoms with E-state index in [0.29, 0.717) is 0 Å². The minimum Gasteiger partial charge on any atom is -0.457 e. The summed E-state index contributed by atoms with van der Waals surface area (Å²) in [6.07, 6.45) is 1.74. The van der Waals surface area contributed by atoms with E-state index in [1.54, 1.807) is 6.20 Å². The van der Waals surface area contributed by atoms with E-state index >= 15 is 0 Å². The van der Waals surface area contributed by atoms with Crippen molar-refractivity contribution in [3.63, 3.8) is 0 Å². The van der Waals surface area contributed by atoms with Gasteiger partial charge in [0, 0.05) is 18.8 Å². The second-order valence-electron chi connectivity index (χ2n) is 4.52. The third-order valence-electron chi connectivity index (χ3n) is 3.05. The highest BCUT2D eigenvalue weighted by Crippen LogP contribution is 2.26. The molecule has 3 nitrogen and oxygen atoms in total. The van der Waals surface area contributed by atoms with E-state index in [9.17, 15) is 0 Å². The molecular weight excluding hydrogens is 248 g/mol. The number of pyridine rings is 1. The summed E-state index contributed by atoms with van der Waals surface area (Å²) in [7, 11) is 0. The first-order valence-corrected chi connectivity index (χ1v) is 6.72. The lowest BCUT2D eigenvalue weighted by molar-refractivity contribution is 0.483. The topological polar surface area (TPSA) is 34.1 Å². The van der Waals surface area contributed by atoms with Crippen molar-refractivity contribution in [3.05, 3.63) is 60.8 Å². The van der Waals surface area contributed by atoms with Gasteiger partial charge in [0.15, 0.2) is 0 Å². The van der Waals surface area contributed by atoms with Gasteiger partial charge in [0.25, 0.3) is 0 Å². The molecule has 0 aliphatic heterocycles. The van der Waals surface area contributed by atoms with Crippen LogP contribution in [0.2, 0.25) is 0 Å². The Kier molecular flexibility index (Phi) is 3.50. The Labute approximate surface area is 118 Å². The smallest absolute Gasteiger partial charge is 0.132 e. The molecule has 1 N–H and O–H groups in total. The average molecular weight is 264 g/mol. The molecule has 100 valence electrons. The lowest BCUT2D eigenvalue weighted by Crippen LogP contribution is -1.98. The van der Waals surface area contributed by atoms with Crippen LogP contribution < -0.4 is 10.1 Å². The van der Waals surface area contributed by atoms with Gasteiger partial charge in [0.05, 0.1) is 0 Å². The third kappa shape index (κ3) is 2.72. The van der Waals surface area contributed by atoms with E-state index in [1.165, 1.54) is 10.8 Å². The van der Waals surface area contributed by atoms with Crippen molar-refractivity contribution in [2.45, 2.75) is 6.92 Å². The van der Waals surface area contributed by atoms with Crippen LogP contribution in [-0.2, 0) is 0 Å². The maximum absolute atomic E-state index is 5.89. The first-order chi connectivity index (χ1) is 9.85. The van der Waals surface area contributed by atoms with E-state index in [1.807, 2.05) is 43.3 Å². The van der Waals surface area contributed by atoms with Crippen molar-refractivity contribution in [1.29, 1.82) is 0 Å². The van der Waals surface area contributed by atoms with Crippen molar-refractivity contribution >= 4 is 16.6 Å². The normalized spacial score (nSPS) is 10.4. The molecule has 3 aromatic rings. The van der Waals surface area contributed by atoms with Crippen LogP contribution in [0.25, 0.3) is 10.8 Å². The van der Waals surface area contributed by atoms with Gasteiger partial charge in [-0.15, -0.1) is 0 Å². The molecule has 0 radical (unpaired) electrons. The number of aromatic nitrogens is 1. The minimum atomic E-state index is 0.784. The summed E-state index contributed by atoms with van der Waals surface area (Å²) in [4.78, 5) is 4.23. The second kappa shape index (κ2) is 5.61. The van der Waals surface area contributed by atoms with Gasteiger partial charge >= 0.3 is 0 Å². The molecule has 0 atom stereocenters. The van der Waals surface area contributed by atoms with Crippen LogP contribution >= 0.6 is 0 Å². The van der Waals surface area contributed by atoms with Crippen molar-refractivity contribution in [3.8, 4) is 11.5 Å². The predicted molar refractivity (Wildman–Crippen MR) is 82.4 cm³/mol. The van der Waals surface area contributed by atoms with Crippen molar-refractivity contribution in [1.82, 2.24) is 4.98 Å². The fraction of sp³-hybridized carbons (Fsp3) is 0.118. The molecule has 0 unspecified atom stereocenters. The van der Waals surface area contributed by atoms with Crippen molar-refractivity contribution in [2.75, 3.05) is 11.9 Å². The molecule has 20 heavy (non-hydrogen) atoms. The molecule has 1 aromatic heterocycles. The molecule has 0 saturated carbocycles. The Morgan fingerprint density at radius 3 is 2.60 bits per heavy atom. The molecule has 0 amide bonds. The van der Waals surface area contributed by atoms with Gasteiger partial charge in [-0.25, -0.2) is 4.98 Å². The average Bonchev–Trinajstić information content (AvgIpc) is 2.48. The predicted octanol–water partition coefficient (Wildman–Crippen LogP) is 4.46. The highest BCUT2D eigenvalue weighted by Gasteiger charge is 2.01. The summed E-state index contributed by atoms with van der Waals surface area (Å²) in [5.41, 5.74) is 0. The molecule has 0 spiro atoms. The van der Waals surface area contributed by atoms with Gasteiger partial charge in [0.2, 0.25) is 0 Å². The number of ether oxygens (including phenoxy) is 1. The Hall–Kier alpha value is -2.55. The second-order valence-corrected chi connectivity index (χ2v) is 4.52. The lowest BCUT2D eigenvalue weighted by atomic mass is 10.1. The first kappa shape index (κ1) is 12.5. The number of benzene rings is 2. The molecule has 1 heterocycles. The van der Waals surface area contributed by atoms with E-state index in [-0.39, 0.29) is 0 Å². The summed E-state index contributed by atoms with van der Waals surface area (Å²) in [5, 5.41) is 5.56. The third-order valence-corrected chi connectivity index (χ3v) is 3.05. The number of hydrogen-bond donors (Lipinski definition) is 1. The monoisotopic (exact) mass is 264 g/mol. The van der Waals surface area contributed by atoms with Crippen molar-refractivity contribution in [2.24, 2.45) is 0 Å². The van der Waals surface area contributed by atoms with Crippen LogP contribution in [0.3, 0.4) is 0 Å². The van der Waals surface area contributed by atoms with Gasteiger partial charge in [-0.2, -0.15) is 0 Å². The highest BCUT2D eigenvalue weighted by atomic mass is 16.5.